The van der Waals surface area contributed by atoms with Gasteiger partial charge in [-0.15, -0.1) is 22.7 Å². The van der Waals surface area contributed by atoms with E-state index in [0.29, 0.717) is 36.1 Å². The number of carbonyl (C=O) groups excluding carboxylic acids is 2. The molecule has 0 spiro atoms. The number of fused-ring (bicyclic) bond motifs is 1. The van der Waals surface area contributed by atoms with Gasteiger partial charge in [-0.05, 0) is 93.6 Å². The van der Waals surface area contributed by atoms with Gasteiger partial charge in [0.1, 0.15) is 0 Å². The van der Waals surface area contributed by atoms with Crippen LogP contribution in [0.15, 0.2) is 43.0 Å². The van der Waals surface area contributed by atoms with Gasteiger partial charge < -0.3 is 9.80 Å². The molecule has 8 heteroatoms. The second kappa shape index (κ2) is 35.0. The molecule has 2 aliphatic rings. The fraction of sp³-hybridized carbons (Fsp3) is 0.750. The molecule has 64 heavy (non-hydrogen) atoms. The van der Waals surface area contributed by atoms with Gasteiger partial charge in [0, 0.05) is 13.1 Å². The van der Waals surface area contributed by atoms with Crippen molar-refractivity contribution in [2.75, 3.05) is 13.1 Å². The van der Waals surface area contributed by atoms with Crippen LogP contribution in [0.25, 0.3) is 11.4 Å². The molecule has 0 aliphatic carbocycles. The van der Waals surface area contributed by atoms with E-state index in [1.165, 1.54) is 180 Å². The second-order valence-electron chi connectivity index (χ2n) is 18.9. The Kier molecular flexibility index (Phi) is 31.2. The van der Waals surface area contributed by atoms with E-state index in [4.69, 9.17) is 0 Å². The molecule has 2 atom stereocenters. The van der Waals surface area contributed by atoms with Gasteiger partial charge >= 0.3 is 0 Å². The zero-order valence-corrected chi connectivity index (χ0v) is 46.6. The van der Waals surface area contributed by atoms with Gasteiger partial charge in [0.05, 0.1) is 39.9 Å². The molecule has 2 aromatic heterocycles. The van der Waals surface area contributed by atoms with E-state index in [9.17, 15) is 0 Å². The minimum atomic E-state index is 0.0364. The van der Waals surface area contributed by atoms with Gasteiger partial charge in [-0.3, -0.25) is 9.59 Å². The highest BCUT2D eigenvalue weighted by Crippen LogP contribution is 2.50. The summed E-state index contributed by atoms with van der Waals surface area (Å²) in [7, 11) is 0. The van der Waals surface area contributed by atoms with Gasteiger partial charge in [-0.25, -0.2) is 0 Å². The van der Waals surface area contributed by atoms with E-state index in [0.717, 1.165) is 54.4 Å². The Hall–Kier alpha value is -1.22. The summed E-state index contributed by atoms with van der Waals surface area (Å²) in [6.45, 7) is 14.5. The third-order valence-corrected chi connectivity index (χ3v) is 16.8. The fourth-order valence-corrected chi connectivity index (χ4v) is 12.8. The third kappa shape index (κ3) is 19.8. The molecular weight excluding hydrogens is 957 g/mol. The molecule has 0 saturated heterocycles. The molecule has 2 amide bonds. The first kappa shape index (κ1) is 57.1. The van der Waals surface area contributed by atoms with Crippen LogP contribution in [-0.2, 0) is 9.59 Å². The summed E-state index contributed by atoms with van der Waals surface area (Å²) in [6.07, 6.45) is 41.0. The van der Waals surface area contributed by atoms with Crippen molar-refractivity contribution >= 4 is 77.7 Å². The van der Waals surface area contributed by atoms with E-state index in [-0.39, 0.29) is 11.8 Å². The summed E-state index contributed by atoms with van der Waals surface area (Å²) in [5.74, 6) is 0.911. The highest BCUT2D eigenvalue weighted by Gasteiger charge is 2.50. The summed E-state index contributed by atoms with van der Waals surface area (Å²) in [4.78, 5) is 36.8. The highest BCUT2D eigenvalue weighted by atomic mass is 79.9. The summed E-state index contributed by atoms with van der Waals surface area (Å²) in [6, 6.07) is 8.42. The van der Waals surface area contributed by atoms with Crippen LogP contribution in [0.4, 0.5) is 0 Å². The predicted octanol–water partition coefficient (Wildman–Crippen LogP) is 20.0. The number of nitrogens with zero attached hydrogens (tertiary/aromatic N) is 2. The molecule has 0 N–H and O–H groups in total. The lowest BCUT2D eigenvalue weighted by Crippen LogP contribution is -2.34. The number of rotatable bonds is 38. The zero-order valence-electron chi connectivity index (χ0n) is 41.8. The van der Waals surface area contributed by atoms with E-state index in [1.54, 1.807) is 22.7 Å². The van der Waals surface area contributed by atoms with E-state index in [2.05, 4.69) is 93.6 Å². The van der Waals surface area contributed by atoms with E-state index < -0.39 is 0 Å². The Morgan fingerprint density at radius 2 is 0.656 bits per heavy atom. The highest BCUT2D eigenvalue weighted by molar-refractivity contribution is 9.11. The molecule has 0 fully saturated rings. The normalized spacial score (nSPS) is 14.9. The molecule has 0 saturated carbocycles. The zero-order chi connectivity index (χ0) is 46.4. The summed E-state index contributed by atoms with van der Waals surface area (Å²) >= 11 is 10.8. The van der Waals surface area contributed by atoms with Crippen LogP contribution in [-0.4, -0.2) is 34.7 Å². The Morgan fingerprint density at radius 3 is 0.891 bits per heavy atom. The Bertz CT molecular complexity index is 1510. The molecule has 0 aromatic carbocycles. The van der Waals surface area contributed by atoms with Crippen LogP contribution in [0.5, 0.6) is 0 Å². The maximum absolute atomic E-state index is 15.3. The molecule has 4 nitrogen and oxygen atoms in total. The smallest absolute Gasteiger partial charge is 0.261 e. The molecule has 2 aromatic rings. The van der Waals surface area contributed by atoms with Gasteiger partial charge in [0.25, 0.3) is 11.8 Å². The molecule has 4 rings (SSSR count). The summed E-state index contributed by atoms with van der Waals surface area (Å²) in [5.41, 5.74) is 3.03. The number of unbranched alkanes of at least 4 members (excludes halogenated alkanes) is 24. The Morgan fingerprint density at radius 1 is 0.406 bits per heavy atom. The van der Waals surface area contributed by atoms with Crippen molar-refractivity contribution in [3.8, 4) is 0 Å². The van der Waals surface area contributed by atoms with Crippen LogP contribution < -0.4 is 0 Å². The van der Waals surface area contributed by atoms with E-state index >= 15 is 9.59 Å². The SMILES string of the molecule is CC.CCCCCCCCCCC(CCCCCCCC)CN1C(=O)C2=C(c3ccc(Br)s3)N(CC(CCCCCCCC)CCCCCCCCCC)C(=O)C2=C1c1ccc(Br)s1. The van der Waals surface area contributed by atoms with E-state index in [1.807, 2.05) is 13.8 Å². The first-order valence-electron chi connectivity index (χ1n) is 27.0. The third-order valence-electron chi connectivity index (χ3n) is 13.5. The lowest BCUT2D eigenvalue weighted by molar-refractivity contribution is -0.124. The van der Waals surface area contributed by atoms with Crippen molar-refractivity contribution in [2.24, 2.45) is 11.8 Å². The first-order chi connectivity index (χ1) is 31.3. The minimum Gasteiger partial charge on any atom is -0.306 e. The van der Waals surface area contributed by atoms with Crippen LogP contribution >= 0.6 is 54.5 Å². The molecule has 4 heterocycles. The molecule has 0 bridgehead atoms. The van der Waals surface area contributed by atoms with Crippen molar-refractivity contribution in [2.45, 2.75) is 247 Å². The van der Waals surface area contributed by atoms with Gasteiger partial charge in [0.2, 0.25) is 0 Å². The van der Waals surface area contributed by atoms with Crippen LogP contribution in [0, 0.1) is 11.8 Å². The van der Waals surface area contributed by atoms with Crippen LogP contribution in [0.3, 0.4) is 0 Å². The number of carbonyl (C=O) groups is 2. The lowest BCUT2D eigenvalue weighted by Gasteiger charge is -2.29. The number of hydrogen-bond acceptors (Lipinski definition) is 4. The molecule has 2 aliphatic heterocycles. The number of hydrogen-bond donors (Lipinski definition) is 0. The Balaban J connectivity index is 0.00000537. The van der Waals surface area contributed by atoms with Crippen molar-refractivity contribution < 1.29 is 9.59 Å². The standard InChI is InChI=1S/C54H86Br2N2O2S2.C2H6/c1-5-9-13-17-21-23-27-31-35-43(33-29-25-19-15-11-7-3)41-57-51(45-37-39-47(55)61-45)49-50(53(57)59)52(46-38-40-48(56)62-46)58(54(49)60)42-44(34-30-26-20-16-12-8-4)36-32-28-24-22-18-14-10-6-2;1-2/h37-40,43-44H,5-36,41-42H2,1-4H3;1-2H3. The monoisotopic (exact) mass is 1050 g/mol. The number of thiophene rings is 2. The molecule has 364 valence electrons. The largest absolute Gasteiger partial charge is 0.306 e. The fourth-order valence-electron chi connectivity index (χ4n) is 9.87. The van der Waals surface area contributed by atoms with Crippen LogP contribution in [0.1, 0.15) is 257 Å². The minimum absolute atomic E-state index is 0.0364. The lowest BCUT2D eigenvalue weighted by atomic mass is 9.93. The Labute approximate surface area is 418 Å². The number of halogens is 2. The van der Waals surface area contributed by atoms with Crippen molar-refractivity contribution in [1.82, 2.24) is 9.80 Å². The predicted molar refractivity (Wildman–Crippen MR) is 290 cm³/mol. The number of amides is 2. The molecule has 0 radical (unpaired) electrons. The average molecular weight is 1050 g/mol. The summed E-state index contributed by atoms with van der Waals surface area (Å²) < 4.78 is 2.06. The van der Waals surface area contributed by atoms with Gasteiger partial charge in [0.15, 0.2) is 0 Å². The average Bonchev–Trinajstić information content (AvgIpc) is 4.06. The molecule has 2 unspecified atom stereocenters. The van der Waals surface area contributed by atoms with Crippen molar-refractivity contribution in [1.29, 1.82) is 0 Å². The van der Waals surface area contributed by atoms with Crippen molar-refractivity contribution in [3.63, 3.8) is 0 Å². The maximum atomic E-state index is 15.3. The topological polar surface area (TPSA) is 40.6 Å². The van der Waals surface area contributed by atoms with Gasteiger partial charge in [-0.2, -0.15) is 0 Å². The maximum Gasteiger partial charge on any atom is 0.261 e. The first-order valence-corrected chi connectivity index (χ1v) is 30.2. The molecular formula is C56H92Br2N2O2S2. The van der Waals surface area contributed by atoms with Crippen LogP contribution in [0.2, 0.25) is 0 Å². The summed E-state index contributed by atoms with van der Waals surface area (Å²) in [5, 5.41) is 0. The second-order valence-corrected chi connectivity index (χ2v) is 23.8. The van der Waals surface area contributed by atoms with Gasteiger partial charge in [-0.1, -0.05) is 221 Å². The van der Waals surface area contributed by atoms with Crippen molar-refractivity contribution in [3.05, 3.63) is 52.7 Å². The quantitative estimate of drug-likeness (QED) is 0.0629.